The molecule has 1 amide bonds. The molecule has 1 saturated heterocycles. The first-order valence-corrected chi connectivity index (χ1v) is 7.42. The predicted molar refractivity (Wildman–Crippen MR) is 83.0 cm³/mol. The van der Waals surface area contributed by atoms with Crippen LogP contribution in [0.15, 0.2) is 12.1 Å². The van der Waals surface area contributed by atoms with Gasteiger partial charge in [-0.25, -0.2) is 4.39 Å². The molecule has 22 heavy (non-hydrogen) atoms. The Morgan fingerprint density at radius 1 is 1.41 bits per heavy atom. The van der Waals surface area contributed by atoms with Crippen molar-refractivity contribution in [2.75, 3.05) is 20.2 Å². The summed E-state index contributed by atoms with van der Waals surface area (Å²) < 4.78 is 18.8. The molecule has 0 bridgehead atoms. The Bertz CT molecular complexity index is 749. The summed E-state index contributed by atoms with van der Waals surface area (Å²) in [6, 6.07) is 2.46. The molecule has 2 atom stereocenters. The first-order chi connectivity index (χ1) is 10.4. The van der Waals surface area contributed by atoms with Crippen molar-refractivity contribution in [2.45, 2.75) is 12.1 Å². The topological polar surface area (TPSA) is 71.3 Å². The van der Waals surface area contributed by atoms with Crippen molar-refractivity contribution >= 4 is 40.0 Å². The number of ether oxygens (including phenoxy) is 1. The molecule has 0 unspecified atom stereocenters. The highest BCUT2D eigenvalue weighted by molar-refractivity contribution is 6.44. The Labute approximate surface area is 136 Å². The monoisotopic (exact) mass is 345 g/mol. The van der Waals surface area contributed by atoms with Gasteiger partial charge in [0.2, 0.25) is 0 Å². The van der Waals surface area contributed by atoms with Crippen molar-refractivity contribution in [3.05, 3.63) is 33.7 Å². The van der Waals surface area contributed by atoms with Gasteiger partial charge in [-0.15, -0.1) is 0 Å². The largest absolute Gasteiger partial charge is 0.378 e. The molecule has 0 radical (unpaired) electrons. The van der Waals surface area contributed by atoms with Crippen molar-refractivity contribution in [3.8, 4) is 0 Å². The predicted octanol–water partition coefficient (Wildman–Crippen LogP) is 2.41. The minimum absolute atomic E-state index is 0.106. The number of halogens is 3. The number of nitrogens with zero attached hydrogens (tertiary/aromatic N) is 1. The second-order valence-electron chi connectivity index (χ2n) is 5.25. The summed E-state index contributed by atoms with van der Waals surface area (Å²) in [4.78, 5) is 17.1. The minimum Gasteiger partial charge on any atom is -0.378 e. The molecule has 1 fully saturated rings. The van der Waals surface area contributed by atoms with E-state index in [0.29, 0.717) is 24.0 Å². The summed E-state index contributed by atoms with van der Waals surface area (Å²) in [5.41, 5.74) is 6.60. The third-order valence-corrected chi connectivity index (χ3v) is 4.65. The van der Waals surface area contributed by atoms with Gasteiger partial charge in [0.1, 0.15) is 11.5 Å². The van der Waals surface area contributed by atoms with E-state index >= 15 is 0 Å². The highest BCUT2D eigenvalue weighted by Gasteiger charge is 2.35. The van der Waals surface area contributed by atoms with Gasteiger partial charge in [0, 0.05) is 31.1 Å². The first kappa shape index (κ1) is 15.6. The fourth-order valence-electron chi connectivity index (χ4n) is 2.70. The summed E-state index contributed by atoms with van der Waals surface area (Å²) in [5, 5.41) is 0.308. The molecule has 0 spiro atoms. The number of hydrogen-bond donors (Lipinski definition) is 2. The standard InChI is InChI=1S/C14H14Cl2FN3O2/c1-22-9-5-20(4-7(9)18)14(21)13-12(16)10-8(19-13)3-2-6(17)11(10)15/h2-3,7,9,19H,4-5,18H2,1H3/t7-,9+/m0/s1. The first-order valence-electron chi connectivity index (χ1n) is 6.66. The molecular formula is C14H14Cl2FN3O2. The zero-order valence-corrected chi connectivity index (χ0v) is 13.2. The van der Waals surface area contributed by atoms with Crippen LogP contribution in [0.2, 0.25) is 10.0 Å². The molecule has 1 aliphatic heterocycles. The van der Waals surface area contributed by atoms with Crippen LogP contribution in [0.25, 0.3) is 10.9 Å². The SMILES string of the molecule is CO[C@@H]1CN(C(=O)c2[nH]c3ccc(F)c(Cl)c3c2Cl)C[C@@H]1N. The van der Waals surface area contributed by atoms with Crippen molar-refractivity contribution < 1.29 is 13.9 Å². The Kier molecular flexibility index (Phi) is 4.03. The van der Waals surface area contributed by atoms with Gasteiger partial charge in [-0.1, -0.05) is 23.2 Å². The Hall–Kier alpha value is -1.34. The molecule has 1 aromatic heterocycles. The number of amides is 1. The molecule has 5 nitrogen and oxygen atoms in total. The third-order valence-electron chi connectivity index (χ3n) is 3.91. The number of H-pyrrole nitrogens is 1. The van der Waals surface area contributed by atoms with Gasteiger partial charge in [0.15, 0.2) is 0 Å². The van der Waals surface area contributed by atoms with Crippen LogP contribution in [-0.2, 0) is 4.74 Å². The van der Waals surface area contributed by atoms with Gasteiger partial charge in [0.05, 0.1) is 22.2 Å². The molecule has 2 aromatic rings. The molecule has 3 rings (SSSR count). The minimum atomic E-state index is -0.586. The molecule has 8 heteroatoms. The Balaban J connectivity index is 1.99. The number of carbonyl (C=O) groups is 1. The zero-order chi connectivity index (χ0) is 16.0. The lowest BCUT2D eigenvalue weighted by atomic mass is 10.2. The van der Waals surface area contributed by atoms with Gasteiger partial charge < -0.3 is 20.4 Å². The lowest BCUT2D eigenvalue weighted by Gasteiger charge is -2.15. The summed E-state index contributed by atoms with van der Waals surface area (Å²) >= 11 is 12.2. The molecule has 2 heterocycles. The molecule has 1 aromatic carbocycles. The number of methoxy groups -OCH3 is 1. The van der Waals surface area contributed by atoms with Gasteiger partial charge in [-0.2, -0.15) is 0 Å². The van der Waals surface area contributed by atoms with E-state index in [-0.39, 0.29) is 33.8 Å². The fourth-order valence-corrected chi connectivity index (χ4v) is 3.34. The van der Waals surface area contributed by atoms with E-state index in [1.807, 2.05) is 0 Å². The molecular weight excluding hydrogens is 332 g/mol. The van der Waals surface area contributed by atoms with Crippen LogP contribution >= 0.6 is 23.2 Å². The van der Waals surface area contributed by atoms with E-state index in [1.165, 1.54) is 12.1 Å². The number of benzene rings is 1. The van der Waals surface area contributed by atoms with E-state index in [4.69, 9.17) is 33.7 Å². The number of carbonyl (C=O) groups excluding carboxylic acids is 1. The highest BCUT2D eigenvalue weighted by atomic mass is 35.5. The maximum absolute atomic E-state index is 13.6. The lowest BCUT2D eigenvalue weighted by Crippen LogP contribution is -2.34. The summed E-state index contributed by atoms with van der Waals surface area (Å²) in [6.07, 6.45) is -0.215. The van der Waals surface area contributed by atoms with Gasteiger partial charge in [0.25, 0.3) is 5.91 Å². The average molecular weight is 346 g/mol. The van der Waals surface area contributed by atoms with Crippen molar-refractivity contribution in [3.63, 3.8) is 0 Å². The number of aromatic amines is 1. The number of nitrogens with one attached hydrogen (secondary N) is 1. The van der Waals surface area contributed by atoms with Crippen LogP contribution in [0, 0.1) is 5.82 Å². The van der Waals surface area contributed by atoms with Crippen LogP contribution in [0.4, 0.5) is 4.39 Å². The second-order valence-corrected chi connectivity index (χ2v) is 6.00. The molecule has 118 valence electrons. The van der Waals surface area contributed by atoms with E-state index in [2.05, 4.69) is 4.98 Å². The highest BCUT2D eigenvalue weighted by Crippen LogP contribution is 2.35. The third kappa shape index (κ3) is 2.36. The summed E-state index contributed by atoms with van der Waals surface area (Å²) in [6.45, 7) is 0.745. The van der Waals surface area contributed by atoms with Crippen LogP contribution < -0.4 is 5.73 Å². The van der Waals surface area contributed by atoms with Crippen molar-refractivity contribution in [1.82, 2.24) is 9.88 Å². The van der Waals surface area contributed by atoms with Crippen molar-refractivity contribution in [1.29, 1.82) is 0 Å². The molecule has 0 saturated carbocycles. The van der Waals surface area contributed by atoms with Crippen LogP contribution in [0.5, 0.6) is 0 Å². The van der Waals surface area contributed by atoms with E-state index < -0.39 is 5.82 Å². The molecule has 1 aliphatic rings. The van der Waals surface area contributed by atoms with Crippen LogP contribution in [0.1, 0.15) is 10.5 Å². The van der Waals surface area contributed by atoms with Crippen LogP contribution in [0.3, 0.4) is 0 Å². The second kappa shape index (κ2) is 5.70. The van der Waals surface area contributed by atoms with E-state index in [9.17, 15) is 9.18 Å². The number of nitrogens with two attached hydrogens (primary N) is 1. The number of fused-ring (bicyclic) bond motifs is 1. The number of hydrogen-bond acceptors (Lipinski definition) is 3. The summed E-state index contributed by atoms with van der Waals surface area (Å²) in [7, 11) is 1.55. The average Bonchev–Trinajstić information content (AvgIpc) is 3.03. The van der Waals surface area contributed by atoms with Gasteiger partial charge >= 0.3 is 0 Å². The van der Waals surface area contributed by atoms with Crippen molar-refractivity contribution in [2.24, 2.45) is 5.73 Å². The maximum atomic E-state index is 13.6. The lowest BCUT2D eigenvalue weighted by molar-refractivity contribution is 0.0713. The number of rotatable bonds is 2. The van der Waals surface area contributed by atoms with Gasteiger partial charge in [-0.05, 0) is 12.1 Å². The zero-order valence-electron chi connectivity index (χ0n) is 11.7. The smallest absolute Gasteiger partial charge is 0.272 e. The normalized spacial score (nSPS) is 21.8. The van der Waals surface area contributed by atoms with Gasteiger partial charge in [-0.3, -0.25) is 4.79 Å². The fraction of sp³-hybridized carbons (Fsp3) is 0.357. The maximum Gasteiger partial charge on any atom is 0.272 e. The van der Waals surface area contributed by atoms with E-state index in [1.54, 1.807) is 12.0 Å². The number of aromatic nitrogens is 1. The quantitative estimate of drug-likeness (QED) is 0.877. The van der Waals surface area contributed by atoms with E-state index in [0.717, 1.165) is 0 Å². The Morgan fingerprint density at radius 2 is 2.14 bits per heavy atom. The summed E-state index contributed by atoms with van der Waals surface area (Å²) in [5.74, 6) is -0.899. The molecule has 0 aliphatic carbocycles. The molecule has 3 N–H and O–H groups in total. The van der Waals surface area contributed by atoms with Crippen LogP contribution in [-0.4, -0.2) is 48.1 Å². The Morgan fingerprint density at radius 3 is 2.77 bits per heavy atom. The number of likely N-dealkylation sites (tertiary alicyclic amines) is 1.